The molecule has 0 aliphatic rings. The van der Waals surface area contributed by atoms with Crippen LogP contribution >= 0.6 is 0 Å². The third-order valence-corrected chi connectivity index (χ3v) is 8.34. The van der Waals surface area contributed by atoms with E-state index in [-0.39, 0.29) is 20.1 Å². The molecule has 0 spiro atoms. The summed E-state index contributed by atoms with van der Waals surface area (Å²) in [7, 11) is 0. The molecule has 0 aliphatic carbocycles. The standard InChI is InChI=1S/C25H18NO.C18H14N.Ir/c1-17(18-7-3-2-4-8-18)19-13-14-26-23(16-19)20-11-12-25-22(15-20)21-9-5-6-10-24(21)27-25;1-14-13-19-18(16-10-6-3-7-11-16)12-17(14)15-8-4-2-5-9-15;/h2-10,12-17H,1H3;2-10,12-13H,1H3;/q2*-1;. The first kappa shape index (κ1) is 31.8. The first-order chi connectivity index (χ1) is 22.6. The number of aryl methyl sites for hydroxylation is 1. The second-order valence-electron chi connectivity index (χ2n) is 11.4. The smallest absolute Gasteiger partial charge is 0.120 e. The summed E-state index contributed by atoms with van der Waals surface area (Å²) in [5, 5.41) is 2.22. The average molecular weight is 785 g/mol. The normalized spacial score (nSPS) is 11.4. The fraction of sp³-hybridized carbons (Fsp3) is 0.0698. The molecule has 0 saturated carbocycles. The summed E-state index contributed by atoms with van der Waals surface area (Å²) in [5.41, 5.74) is 11.8. The third kappa shape index (κ3) is 7.00. The van der Waals surface area contributed by atoms with Crippen molar-refractivity contribution in [3.8, 4) is 33.6 Å². The van der Waals surface area contributed by atoms with E-state index in [1.807, 2.05) is 73.1 Å². The van der Waals surface area contributed by atoms with Crippen molar-refractivity contribution in [3.05, 3.63) is 181 Å². The molecule has 47 heavy (non-hydrogen) atoms. The van der Waals surface area contributed by atoms with Gasteiger partial charge in [0, 0.05) is 43.8 Å². The summed E-state index contributed by atoms with van der Waals surface area (Å²) in [6, 6.07) is 54.0. The first-order valence-electron chi connectivity index (χ1n) is 15.5. The van der Waals surface area contributed by atoms with Crippen molar-refractivity contribution in [3.63, 3.8) is 0 Å². The molecule has 0 amide bonds. The Kier molecular flexibility index (Phi) is 9.83. The van der Waals surface area contributed by atoms with Crippen LogP contribution in [0.15, 0.2) is 156 Å². The summed E-state index contributed by atoms with van der Waals surface area (Å²) in [5.74, 6) is 0.312. The molecule has 3 aromatic heterocycles. The van der Waals surface area contributed by atoms with Crippen LogP contribution < -0.4 is 0 Å². The van der Waals surface area contributed by atoms with Gasteiger partial charge in [-0.15, -0.1) is 59.7 Å². The number of hydrogen-bond donors (Lipinski definition) is 0. The molecule has 8 aromatic rings. The number of fused-ring (bicyclic) bond motifs is 3. The van der Waals surface area contributed by atoms with Crippen LogP contribution in [0.25, 0.3) is 55.6 Å². The van der Waals surface area contributed by atoms with Gasteiger partial charge in [-0.1, -0.05) is 103 Å². The number of benzene rings is 5. The zero-order chi connectivity index (χ0) is 31.3. The molecule has 1 atom stereocenters. The molecule has 231 valence electrons. The molecule has 5 aromatic carbocycles. The van der Waals surface area contributed by atoms with Gasteiger partial charge < -0.3 is 14.4 Å². The van der Waals surface area contributed by atoms with Crippen molar-refractivity contribution in [2.75, 3.05) is 0 Å². The number of hydrogen-bond acceptors (Lipinski definition) is 3. The molecule has 1 unspecified atom stereocenters. The van der Waals surface area contributed by atoms with Crippen LogP contribution in [0, 0.1) is 19.1 Å². The fourth-order valence-electron chi connectivity index (χ4n) is 5.77. The maximum atomic E-state index is 5.91. The predicted molar refractivity (Wildman–Crippen MR) is 188 cm³/mol. The first-order valence-corrected chi connectivity index (χ1v) is 15.5. The second-order valence-corrected chi connectivity index (χ2v) is 11.4. The van der Waals surface area contributed by atoms with E-state index in [4.69, 9.17) is 4.42 Å². The largest absolute Gasteiger partial charge is 0.500 e. The van der Waals surface area contributed by atoms with Crippen molar-refractivity contribution < 1.29 is 24.5 Å². The van der Waals surface area contributed by atoms with Crippen LogP contribution in [0.1, 0.15) is 29.5 Å². The van der Waals surface area contributed by atoms with E-state index in [1.165, 1.54) is 27.8 Å². The molecule has 0 N–H and O–H groups in total. The Hall–Kier alpha value is -5.15. The van der Waals surface area contributed by atoms with Crippen LogP contribution in [-0.2, 0) is 20.1 Å². The van der Waals surface area contributed by atoms with Gasteiger partial charge >= 0.3 is 0 Å². The summed E-state index contributed by atoms with van der Waals surface area (Å²) >= 11 is 0. The molecule has 0 bridgehead atoms. The zero-order valence-corrected chi connectivity index (χ0v) is 28.5. The Labute approximate surface area is 289 Å². The molecular formula is C43H32IrN2O-2. The molecule has 8 rings (SSSR count). The molecule has 0 aliphatic heterocycles. The van der Waals surface area contributed by atoms with Crippen molar-refractivity contribution in [1.82, 2.24) is 9.97 Å². The van der Waals surface area contributed by atoms with E-state index < -0.39 is 0 Å². The maximum absolute atomic E-state index is 5.91. The summed E-state index contributed by atoms with van der Waals surface area (Å²) in [4.78, 5) is 9.10. The number of pyridine rings is 2. The van der Waals surface area contributed by atoms with E-state index >= 15 is 0 Å². The molecule has 1 radical (unpaired) electrons. The van der Waals surface area contributed by atoms with Gasteiger partial charge in [-0.05, 0) is 58.3 Å². The van der Waals surface area contributed by atoms with Crippen LogP contribution in [0.4, 0.5) is 0 Å². The topological polar surface area (TPSA) is 38.9 Å². The minimum Gasteiger partial charge on any atom is -0.500 e. The van der Waals surface area contributed by atoms with Gasteiger partial charge in [-0.3, -0.25) is 0 Å². The summed E-state index contributed by atoms with van der Waals surface area (Å²) in [6.07, 6.45) is 3.81. The zero-order valence-electron chi connectivity index (χ0n) is 26.1. The second kappa shape index (κ2) is 14.5. The van der Waals surface area contributed by atoms with Crippen LogP contribution in [-0.4, -0.2) is 9.97 Å². The van der Waals surface area contributed by atoms with Crippen LogP contribution in [0.2, 0.25) is 0 Å². The molecule has 3 heterocycles. The number of rotatable bonds is 5. The Balaban J connectivity index is 0.000000171. The van der Waals surface area contributed by atoms with Gasteiger partial charge in [-0.25, -0.2) is 0 Å². The van der Waals surface area contributed by atoms with Gasteiger partial charge in [0.1, 0.15) is 5.58 Å². The maximum Gasteiger partial charge on any atom is 0.120 e. The van der Waals surface area contributed by atoms with E-state index in [9.17, 15) is 0 Å². The van der Waals surface area contributed by atoms with E-state index in [2.05, 4.69) is 115 Å². The SMILES string of the molecule is CC(c1ccccc1)c1ccnc(-c2[c-]cc3oc4ccccc4c3c2)c1.Cc1cnc(-c2[c-]cccc2)cc1-c1ccccc1.[Ir]. The van der Waals surface area contributed by atoms with E-state index in [1.54, 1.807) is 0 Å². The number of para-hydroxylation sites is 1. The average Bonchev–Trinajstić information content (AvgIpc) is 3.51. The minimum atomic E-state index is 0. The van der Waals surface area contributed by atoms with Gasteiger partial charge in [0.05, 0.1) is 5.58 Å². The Morgan fingerprint density at radius 2 is 1.34 bits per heavy atom. The van der Waals surface area contributed by atoms with E-state index in [0.717, 1.165) is 44.5 Å². The van der Waals surface area contributed by atoms with Crippen molar-refractivity contribution in [1.29, 1.82) is 0 Å². The predicted octanol–water partition coefficient (Wildman–Crippen LogP) is 11.1. The molecular weight excluding hydrogens is 753 g/mol. The third-order valence-electron chi connectivity index (χ3n) is 8.34. The Bertz CT molecular complexity index is 2230. The monoisotopic (exact) mass is 785 g/mol. The van der Waals surface area contributed by atoms with E-state index in [0.29, 0.717) is 5.92 Å². The van der Waals surface area contributed by atoms with Crippen molar-refractivity contribution >= 4 is 21.9 Å². The van der Waals surface area contributed by atoms with Gasteiger partial charge in [0.15, 0.2) is 0 Å². The van der Waals surface area contributed by atoms with Gasteiger partial charge in [-0.2, -0.15) is 0 Å². The Morgan fingerprint density at radius 3 is 2.13 bits per heavy atom. The molecule has 4 heteroatoms. The summed E-state index contributed by atoms with van der Waals surface area (Å²) < 4.78 is 5.91. The van der Waals surface area contributed by atoms with Crippen LogP contribution in [0.5, 0.6) is 0 Å². The van der Waals surface area contributed by atoms with Crippen LogP contribution in [0.3, 0.4) is 0 Å². The summed E-state index contributed by atoms with van der Waals surface area (Å²) in [6.45, 7) is 4.32. The molecule has 3 nitrogen and oxygen atoms in total. The minimum absolute atomic E-state index is 0. The number of aromatic nitrogens is 2. The Morgan fingerprint density at radius 1 is 0.617 bits per heavy atom. The van der Waals surface area contributed by atoms with Crippen molar-refractivity contribution in [2.45, 2.75) is 19.8 Å². The molecule has 0 saturated heterocycles. The number of nitrogens with zero attached hydrogens (tertiary/aromatic N) is 2. The molecule has 0 fully saturated rings. The van der Waals surface area contributed by atoms with Gasteiger partial charge in [0.25, 0.3) is 0 Å². The van der Waals surface area contributed by atoms with Crippen molar-refractivity contribution in [2.24, 2.45) is 0 Å². The fourth-order valence-corrected chi connectivity index (χ4v) is 5.77. The quantitative estimate of drug-likeness (QED) is 0.163. The number of furan rings is 1. The van der Waals surface area contributed by atoms with Gasteiger partial charge in [0.2, 0.25) is 0 Å².